The van der Waals surface area contributed by atoms with Crippen LogP contribution in [0.15, 0.2) is 45.3 Å². The Bertz CT molecular complexity index is 735. The maximum absolute atomic E-state index is 10.9. The highest BCUT2D eigenvalue weighted by Crippen LogP contribution is 2.38. The molecular weight excluding hydrogens is 406 g/mol. The number of rotatable bonds is 4. The summed E-state index contributed by atoms with van der Waals surface area (Å²) in [6, 6.07) is 9.55. The molecule has 0 heterocycles. The summed E-state index contributed by atoms with van der Waals surface area (Å²) in [6.45, 7) is 0. The minimum atomic E-state index is -0.510. The number of nitrogens with zero attached hydrogens (tertiary/aromatic N) is 1. The van der Waals surface area contributed by atoms with E-state index in [2.05, 4.69) is 31.9 Å². The number of nitro benzene ring substituents is 1. The van der Waals surface area contributed by atoms with Gasteiger partial charge in [0.25, 0.3) is 5.69 Å². The van der Waals surface area contributed by atoms with Crippen molar-refractivity contribution in [3.63, 3.8) is 0 Å². The number of nitrogen functional groups attached to an aromatic ring is 1. The quantitative estimate of drug-likeness (QED) is 0.338. The molecule has 0 aliphatic carbocycles. The Morgan fingerprint density at radius 1 is 1.19 bits per heavy atom. The number of nitrogens with one attached hydrogen (secondary N) is 1. The van der Waals surface area contributed by atoms with Crippen LogP contribution in [0.5, 0.6) is 11.5 Å². The Morgan fingerprint density at radius 3 is 2.43 bits per heavy atom. The monoisotopic (exact) mass is 413 g/mol. The molecule has 0 amide bonds. The molecule has 0 spiro atoms. The van der Waals surface area contributed by atoms with E-state index < -0.39 is 4.92 Å². The Kier molecular flexibility index (Phi) is 4.59. The fraction of sp³-hybridized carbons (Fsp3) is 0. The number of hydrogen-bond acceptors (Lipinski definition) is 4. The van der Waals surface area contributed by atoms with E-state index >= 15 is 0 Å². The number of nitro groups is 1. The first-order chi connectivity index (χ1) is 9.91. The van der Waals surface area contributed by atoms with Crippen LogP contribution in [-0.2, 0) is 0 Å². The summed E-state index contributed by atoms with van der Waals surface area (Å²) < 4.78 is 6.50. The largest absolute Gasteiger partial charge is 0.455 e. The lowest BCUT2D eigenvalue weighted by molar-refractivity contribution is -0.385. The third-order valence-electron chi connectivity index (χ3n) is 2.60. The predicted molar refractivity (Wildman–Crippen MR) is 86.0 cm³/mol. The van der Waals surface area contributed by atoms with Gasteiger partial charge in [0.1, 0.15) is 21.8 Å². The molecule has 0 aliphatic rings. The summed E-state index contributed by atoms with van der Waals surface area (Å²) in [4.78, 5) is 10.4. The summed E-state index contributed by atoms with van der Waals surface area (Å²) in [5, 5.41) is 18.5. The van der Waals surface area contributed by atoms with E-state index in [-0.39, 0.29) is 21.7 Å². The van der Waals surface area contributed by atoms with Gasteiger partial charge in [-0.05, 0) is 50.1 Å². The van der Waals surface area contributed by atoms with Crippen LogP contribution in [0.3, 0.4) is 0 Å². The summed E-state index contributed by atoms with van der Waals surface area (Å²) in [5.41, 5.74) is 5.82. The second kappa shape index (κ2) is 6.23. The zero-order chi connectivity index (χ0) is 15.6. The molecule has 0 saturated heterocycles. The Morgan fingerprint density at radius 2 is 1.81 bits per heavy atom. The van der Waals surface area contributed by atoms with Crippen molar-refractivity contribution >= 4 is 43.4 Å². The second-order valence-corrected chi connectivity index (χ2v) is 5.62. The number of nitrogens with two attached hydrogens (primary N) is 1. The molecule has 0 fully saturated rings. The molecular formula is C13H9Br2N3O3. The highest BCUT2D eigenvalue weighted by atomic mass is 79.9. The number of ether oxygens (including phenoxy) is 1. The lowest BCUT2D eigenvalue weighted by Crippen LogP contribution is -2.13. The van der Waals surface area contributed by atoms with Crippen molar-refractivity contribution in [1.82, 2.24) is 0 Å². The third-order valence-corrected chi connectivity index (χ3v) is 4.06. The number of halogens is 2. The highest BCUT2D eigenvalue weighted by molar-refractivity contribution is 9.11. The molecule has 2 aromatic rings. The predicted octanol–water partition coefficient (Wildman–Crippen LogP) is 4.20. The van der Waals surface area contributed by atoms with Gasteiger partial charge in [0.15, 0.2) is 0 Å². The molecule has 2 aromatic carbocycles. The minimum absolute atomic E-state index is 0.105. The van der Waals surface area contributed by atoms with E-state index in [0.717, 1.165) is 0 Å². The molecule has 21 heavy (non-hydrogen) atoms. The number of hydrogen-bond donors (Lipinski definition) is 2. The average molecular weight is 415 g/mol. The summed E-state index contributed by atoms with van der Waals surface area (Å²) in [6.07, 6.45) is 0. The van der Waals surface area contributed by atoms with Crippen molar-refractivity contribution in [3.05, 3.63) is 61.0 Å². The smallest absolute Gasteiger partial charge is 0.287 e. The Labute approximate surface area is 136 Å². The summed E-state index contributed by atoms with van der Waals surface area (Å²) in [7, 11) is 0. The molecule has 108 valence electrons. The summed E-state index contributed by atoms with van der Waals surface area (Å²) in [5.74, 6) is 0.432. The maximum atomic E-state index is 10.9. The zero-order valence-corrected chi connectivity index (χ0v) is 13.6. The highest BCUT2D eigenvalue weighted by Gasteiger charge is 2.18. The third kappa shape index (κ3) is 3.22. The van der Waals surface area contributed by atoms with E-state index in [4.69, 9.17) is 15.9 Å². The van der Waals surface area contributed by atoms with E-state index in [1.54, 1.807) is 24.3 Å². The van der Waals surface area contributed by atoms with E-state index in [0.29, 0.717) is 15.8 Å². The molecule has 3 N–H and O–H groups in total. The maximum Gasteiger partial charge on any atom is 0.287 e. The molecule has 0 atom stereocenters. The first-order valence-corrected chi connectivity index (χ1v) is 7.24. The molecule has 6 nitrogen and oxygen atoms in total. The molecule has 0 radical (unpaired) electrons. The van der Waals surface area contributed by atoms with Gasteiger partial charge in [-0.1, -0.05) is 12.1 Å². The van der Waals surface area contributed by atoms with Crippen molar-refractivity contribution < 1.29 is 9.66 Å². The molecule has 0 bridgehead atoms. The van der Waals surface area contributed by atoms with Crippen molar-refractivity contribution in [3.8, 4) is 11.5 Å². The first-order valence-electron chi connectivity index (χ1n) is 5.65. The molecule has 0 aromatic heterocycles. The van der Waals surface area contributed by atoms with Crippen LogP contribution in [0.2, 0.25) is 0 Å². The number of benzene rings is 2. The molecule has 0 aliphatic heterocycles. The average Bonchev–Trinajstić information content (AvgIpc) is 2.40. The Hall–Kier alpha value is -1.93. The van der Waals surface area contributed by atoms with Crippen LogP contribution in [0.1, 0.15) is 5.56 Å². The zero-order valence-electron chi connectivity index (χ0n) is 10.5. The SMILES string of the molecule is N=C(N)c1c(Br)cccc1Oc1cccc([N+](=O)[O-])c1Br. The fourth-order valence-electron chi connectivity index (χ4n) is 1.69. The second-order valence-electron chi connectivity index (χ2n) is 3.98. The van der Waals surface area contributed by atoms with Crippen LogP contribution >= 0.6 is 31.9 Å². The lowest BCUT2D eigenvalue weighted by Gasteiger charge is -2.12. The van der Waals surface area contributed by atoms with Crippen LogP contribution in [0.4, 0.5) is 5.69 Å². The van der Waals surface area contributed by atoms with Gasteiger partial charge in [0, 0.05) is 10.5 Å². The van der Waals surface area contributed by atoms with Gasteiger partial charge in [-0.3, -0.25) is 15.5 Å². The van der Waals surface area contributed by atoms with Crippen LogP contribution < -0.4 is 10.5 Å². The van der Waals surface area contributed by atoms with Gasteiger partial charge in [0.2, 0.25) is 0 Å². The van der Waals surface area contributed by atoms with Gasteiger partial charge < -0.3 is 10.5 Å². The van der Waals surface area contributed by atoms with E-state index in [1.807, 2.05) is 0 Å². The fourth-order valence-corrected chi connectivity index (χ4v) is 2.74. The van der Waals surface area contributed by atoms with E-state index in [9.17, 15) is 10.1 Å². The minimum Gasteiger partial charge on any atom is -0.455 e. The van der Waals surface area contributed by atoms with Gasteiger partial charge in [-0.2, -0.15) is 0 Å². The van der Waals surface area contributed by atoms with Crippen molar-refractivity contribution in [1.29, 1.82) is 5.41 Å². The van der Waals surface area contributed by atoms with Gasteiger partial charge in [0.05, 0.1) is 10.5 Å². The van der Waals surface area contributed by atoms with E-state index in [1.165, 1.54) is 12.1 Å². The normalized spacial score (nSPS) is 10.2. The van der Waals surface area contributed by atoms with Gasteiger partial charge in [-0.25, -0.2) is 0 Å². The lowest BCUT2D eigenvalue weighted by atomic mass is 10.2. The van der Waals surface area contributed by atoms with Crippen molar-refractivity contribution in [2.24, 2.45) is 5.73 Å². The topological polar surface area (TPSA) is 102 Å². The van der Waals surface area contributed by atoms with Gasteiger partial charge in [-0.15, -0.1) is 0 Å². The standard InChI is InChI=1S/C13H9Br2N3O3/c14-7-3-1-5-9(11(7)13(16)17)21-10-6-2-4-8(12(10)15)18(19)20/h1-6H,(H3,16,17). The van der Waals surface area contributed by atoms with Crippen LogP contribution in [0, 0.1) is 15.5 Å². The van der Waals surface area contributed by atoms with Crippen LogP contribution in [0.25, 0.3) is 0 Å². The Balaban J connectivity index is 2.49. The van der Waals surface area contributed by atoms with Crippen molar-refractivity contribution in [2.45, 2.75) is 0 Å². The molecule has 8 heteroatoms. The molecule has 0 unspecified atom stereocenters. The first kappa shape index (κ1) is 15.5. The van der Waals surface area contributed by atoms with Gasteiger partial charge >= 0.3 is 0 Å². The summed E-state index contributed by atoms with van der Waals surface area (Å²) >= 11 is 6.45. The van der Waals surface area contributed by atoms with Crippen molar-refractivity contribution in [2.75, 3.05) is 0 Å². The van der Waals surface area contributed by atoms with Crippen LogP contribution in [-0.4, -0.2) is 10.8 Å². The molecule has 0 saturated carbocycles. The number of amidine groups is 1. The molecule has 2 rings (SSSR count).